The molecule has 1 atom stereocenters. The summed E-state index contributed by atoms with van der Waals surface area (Å²) in [4.78, 5) is 15.2. The van der Waals surface area contributed by atoms with Crippen LogP contribution in [0.5, 0.6) is 0 Å². The van der Waals surface area contributed by atoms with Crippen LogP contribution in [0, 0.1) is 0 Å². The van der Waals surface area contributed by atoms with Gasteiger partial charge in [-0.25, -0.2) is 4.98 Å². The molecule has 0 bridgehead atoms. The Bertz CT molecular complexity index is 360. The zero-order chi connectivity index (χ0) is 10.7. The number of carbonyl (C=O) groups excluding carboxylic acids is 1. The Morgan fingerprint density at radius 1 is 1.60 bits per heavy atom. The predicted octanol–water partition coefficient (Wildman–Crippen LogP) is 2.31. The highest BCUT2D eigenvalue weighted by Gasteiger charge is 2.08. The van der Waals surface area contributed by atoms with Gasteiger partial charge in [-0.15, -0.1) is 12.4 Å². The molecule has 0 aromatic carbocycles. The van der Waals surface area contributed by atoms with Gasteiger partial charge in [0.05, 0.1) is 22.4 Å². The van der Waals surface area contributed by atoms with Crippen LogP contribution < -0.4 is 11.1 Å². The van der Waals surface area contributed by atoms with Gasteiger partial charge in [0.1, 0.15) is 4.60 Å². The summed E-state index contributed by atoms with van der Waals surface area (Å²) in [5.41, 5.74) is 6.01. The van der Waals surface area contributed by atoms with E-state index in [-0.39, 0.29) is 18.3 Å². The Kier molecular flexibility index (Phi) is 6.35. The maximum Gasteiger partial charge on any atom is 0.241 e. The minimum atomic E-state index is -0.530. The van der Waals surface area contributed by atoms with E-state index in [1.807, 2.05) is 0 Å². The van der Waals surface area contributed by atoms with Crippen LogP contribution in [-0.2, 0) is 4.79 Å². The number of hydrogen-bond donors (Lipinski definition) is 2. The monoisotopic (exact) mass is 357 g/mol. The third kappa shape index (κ3) is 4.46. The van der Waals surface area contributed by atoms with E-state index in [4.69, 9.17) is 5.73 Å². The van der Waals surface area contributed by atoms with Crippen LogP contribution in [0.3, 0.4) is 0 Å². The summed E-state index contributed by atoms with van der Waals surface area (Å²) in [7, 11) is 0. The van der Waals surface area contributed by atoms with Gasteiger partial charge in [-0.05, 0) is 44.8 Å². The van der Waals surface area contributed by atoms with Crippen molar-refractivity contribution in [2.24, 2.45) is 5.73 Å². The molecule has 1 aromatic rings. The van der Waals surface area contributed by atoms with Crippen molar-refractivity contribution in [1.82, 2.24) is 4.98 Å². The van der Waals surface area contributed by atoms with Crippen LogP contribution in [0.15, 0.2) is 21.3 Å². The summed E-state index contributed by atoms with van der Waals surface area (Å²) < 4.78 is 1.47. The van der Waals surface area contributed by atoms with E-state index in [1.165, 1.54) is 0 Å². The first-order valence-electron chi connectivity index (χ1n) is 3.88. The lowest BCUT2D eigenvalue weighted by Gasteiger charge is -2.07. The van der Waals surface area contributed by atoms with Crippen molar-refractivity contribution in [3.63, 3.8) is 0 Å². The zero-order valence-electron chi connectivity index (χ0n) is 7.83. The van der Waals surface area contributed by atoms with Gasteiger partial charge >= 0.3 is 0 Å². The van der Waals surface area contributed by atoms with Crippen molar-refractivity contribution in [2.45, 2.75) is 13.0 Å². The van der Waals surface area contributed by atoms with Gasteiger partial charge in [0.15, 0.2) is 0 Å². The number of halogens is 3. The smallest absolute Gasteiger partial charge is 0.241 e. The Hall–Kier alpha value is -0.170. The van der Waals surface area contributed by atoms with Crippen molar-refractivity contribution < 1.29 is 4.79 Å². The molecule has 84 valence electrons. The maximum atomic E-state index is 11.2. The molecule has 0 aliphatic rings. The Morgan fingerprint density at radius 2 is 2.20 bits per heavy atom. The first-order chi connectivity index (χ1) is 6.50. The fourth-order valence-corrected chi connectivity index (χ4v) is 1.31. The number of carbonyl (C=O) groups is 1. The summed E-state index contributed by atoms with van der Waals surface area (Å²) in [6, 6.07) is 1.22. The quantitative estimate of drug-likeness (QED) is 0.797. The first-order valence-corrected chi connectivity index (χ1v) is 5.47. The van der Waals surface area contributed by atoms with Gasteiger partial charge in [-0.3, -0.25) is 4.79 Å². The molecular weight excluding hydrogens is 349 g/mol. The number of nitrogens with one attached hydrogen (secondary N) is 1. The zero-order valence-corrected chi connectivity index (χ0v) is 11.8. The van der Waals surface area contributed by atoms with Crippen LogP contribution in [-0.4, -0.2) is 16.9 Å². The molecule has 0 aliphatic heterocycles. The van der Waals surface area contributed by atoms with E-state index in [0.29, 0.717) is 10.3 Å². The predicted molar refractivity (Wildman–Crippen MR) is 69.2 cm³/mol. The van der Waals surface area contributed by atoms with E-state index in [0.717, 1.165) is 4.47 Å². The normalized spacial score (nSPS) is 11.5. The second-order valence-electron chi connectivity index (χ2n) is 2.77. The molecule has 4 nitrogen and oxygen atoms in total. The van der Waals surface area contributed by atoms with Crippen molar-refractivity contribution >= 4 is 55.9 Å². The van der Waals surface area contributed by atoms with Crippen LogP contribution in [0.2, 0.25) is 0 Å². The third-order valence-electron chi connectivity index (χ3n) is 1.48. The second-order valence-corrected chi connectivity index (χ2v) is 4.38. The summed E-state index contributed by atoms with van der Waals surface area (Å²) in [6.45, 7) is 1.62. The number of pyridine rings is 1. The number of nitrogens with two attached hydrogens (primary N) is 1. The van der Waals surface area contributed by atoms with Crippen molar-refractivity contribution in [3.8, 4) is 0 Å². The minimum Gasteiger partial charge on any atom is -0.323 e. The average Bonchev–Trinajstić information content (AvgIpc) is 2.11. The summed E-state index contributed by atoms with van der Waals surface area (Å²) in [5, 5.41) is 2.63. The topological polar surface area (TPSA) is 68.0 Å². The van der Waals surface area contributed by atoms with E-state index in [9.17, 15) is 4.79 Å². The molecule has 1 amide bonds. The molecule has 0 fully saturated rings. The van der Waals surface area contributed by atoms with Gasteiger partial charge in [0.25, 0.3) is 0 Å². The maximum absolute atomic E-state index is 11.2. The molecule has 1 heterocycles. The number of anilines is 1. The fourth-order valence-electron chi connectivity index (χ4n) is 0.746. The van der Waals surface area contributed by atoms with Gasteiger partial charge in [-0.2, -0.15) is 0 Å². The minimum absolute atomic E-state index is 0. The van der Waals surface area contributed by atoms with E-state index < -0.39 is 6.04 Å². The largest absolute Gasteiger partial charge is 0.323 e. The Balaban J connectivity index is 0.00000196. The van der Waals surface area contributed by atoms with Crippen LogP contribution in [0.25, 0.3) is 0 Å². The molecular formula is C8H10Br2ClN3O. The molecule has 15 heavy (non-hydrogen) atoms. The van der Waals surface area contributed by atoms with E-state index in [1.54, 1.807) is 19.2 Å². The van der Waals surface area contributed by atoms with Crippen LogP contribution in [0.4, 0.5) is 5.69 Å². The fraction of sp³-hybridized carbons (Fsp3) is 0.250. The number of amides is 1. The SMILES string of the molecule is C[C@H](N)C(=O)Nc1cnc(Br)c(Br)c1.Cl. The summed E-state index contributed by atoms with van der Waals surface area (Å²) >= 11 is 6.51. The number of aromatic nitrogens is 1. The first kappa shape index (κ1) is 14.8. The molecule has 0 spiro atoms. The second kappa shape index (κ2) is 6.42. The molecule has 0 unspecified atom stereocenters. The summed E-state index contributed by atoms with van der Waals surface area (Å²) in [5.74, 6) is -0.235. The standard InChI is InChI=1S/C8H9Br2N3O.ClH/c1-4(11)8(14)13-5-2-6(9)7(10)12-3-5;/h2-4H,11H2,1H3,(H,13,14);1H/t4-;/m0./s1. The lowest BCUT2D eigenvalue weighted by Crippen LogP contribution is -2.32. The van der Waals surface area contributed by atoms with Crippen molar-refractivity contribution in [1.29, 1.82) is 0 Å². The molecule has 0 saturated heterocycles. The lowest BCUT2D eigenvalue weighted by molar-refractivity contribution is -0.117. The molecule has 1 rings (SSSR count). The molecule has 3 N–H and O–H groups in total. The van der Waals surface area contributed by atoms with E-state index >= 15 is 0 Å². The molecule has 7 heteroatoms. The Morgan fingerprint density at radius 3 is 2.67 bits per heavy atom. The molecule has 1 aromatic heterocycles. The third-order valence-corrected chi connectivity index (χ3v) is 3.25. The van der Waals surface area contributed by atoms with E-state index in [2.05, 4.69) is 42.2 Å². The van der Waals surface area contributed by atoms with Gasteiger partial charge in [-0.1, -0.05) is 0 Å². The number of nitrogens with zero attached hydrogens (tertiary/aromatic N) is 1. The van der Waals surface area contributed by atoms with Crippen LogP contribution >= 0.6 is 44.3 Å². The lowest BCUT2D eigenvalue weighted by atomic mass is 10.3. The highest BCUT2D eigenvalue weighted by molar-refractivity contribution is 9.13. The molecule has 0 aliphatic carbocycles. The highest BCUT2D eigenvalue weighted by atomic mass is 79.9. The number of hydrogen-bond acceptors (Lipinski definition) is 3. The van der Waals surface area contributed by atoms with Crippen molar-refractivity contribution in [3.05, 3.63) is 21.3 Å². The Labute approximate surface area is 111 Å². The summed E-state index contributed by atoms with van der Waals surface area (Å²) in [6.07, 6.45) is 1.55. The molecule has 0 radical (unpaired) electrons. The highest BCUT2D eigenvalue weighted by Crippen LogP contribution is 2.23. The van der Waals surface area contributed by atoms with Gasteiger partial charge < -0.3 is 11.1 Å². The molecule has 0 saturated carbocycles. The van der Waals surface area contributed by atoms with Crippen molar-refractivity contribution in [2.75, 3.05) is 5.32 Å². The van der Waals surface area contributed by atoms with Gasteiger partial charge in [0, 0.05) is 0 Å². The number of rotatable bonds is 2. The van der Waals surface area contributed by atoms with Gasteiger partial charge in [0.2, 0.25) is 5.91 Å². The van der Waals surface area contributed by atoms with Crippen LogP contribution in [0.1, 0.15) is 6.92 Å². The average molecular weight is 359 g/mol.